The molecule has 0 unspecified atom stereocenters. The zero-order chi connectivity index (χ0) is 16.9. The van der Waals surface area contributed by atoms with Crippen LogP contribution in [0.25, 0.3) is 0 Å². The van der Waals surface area contributed by atoms with Crippen molar-refractivity contribution in [3.8, 4) is 0 Å². The Morgan fingerprint density at radius 3 is 2.57 bits per heavy atom. The van der Waals surface area contributed by atoms with Gasteiger partial charge in [-0.05, 0) is 62.3 Å². The zero-order valence-electron chi connectivity index (χ0n) is 14.0. The standard InChI is InChI=1S/C18H24FNO3/c1-4-14-6-7-15(19)12-17(14)18(22-5-2)10-8-16(9-11-18)20-23-13(3)21/h6-7,12H,4-5,8-11H2,1-3H3. The van der Waals surface area contributed by atoms with Crippen molar-refractivity contribution in [1.29, 1.82) is 0 Å². The molecule has 23 heavy (non-hydrogen) atoms. The highest BCUT2D eigenvalue weighted by Gasteiger charge is 2.38. The van der Waals surface area contributed by atoms with E-state index < -0.39 is 11.6 Å². The third-order valence-corrected chi connectivity index (χ3v) is 4.30. The number of ether oxygens (including phenoxy) is 1. The second-order valence-electron chi connectivity index (χ2n) is 5.82. The molecule has 126 valence electrons. The molecule has 1 fully saturated rings. The second-order valence-corrected chi connectivity index (χ2v) is 5.82. The minimum Gasteiger partial charge on any atom is -0.371 e. The molecule has 1 aromatic rings. The van der Waals surface area contributed by atoms with Crippen molar-refractivity contribution in [3.63, 3.8) is 0 Å². The van der Waals surface area contributed by atoms with Gasteiger partial charge in [-0.2, -0.15) is 0 Å². The molecule has 0 radical (unpaired) electrons. The summed E-state index contributed by atoms with van der Waals surface area (Å²) in [4.78, 5) is 15.6. The number of oxime groups is 1. The fraction of sp³-hybridized carbons (Fsp3) is 0.556. The molecule has 0 amide bonds. The first kappa shape index (κ1) is 17.6. The van der Waals surface area contributed by atoms with E-state index in [9.17, 15) is 9.18 Å². The van der Waals surface area contributed by atoms with E-state index >= 15 is 0 Å². The number of nitrogens with zero attached hydrogens (tertiary/aromatic N) is 1. The smallest absolute Gasteiger partial charge is 0.331 e. The van der Waals surface area contributed by atoms with Crippen molar-refractivity contribution in [2.45, 2.75) is 58.5 Å². The minimum atomic E-state index is -0.489. The Labute approximate surface area is 136 Å². The molecule has 2 rings (SSSR count). The number of aryl methyl sites for hydroxylation is 1. The molecule has 4 nitrogen and oxygen atoms in total. The molecule has 0 aromatic heterocycles. The van der Waals surface area contributed by atoms with Crippen LogP contribution in [0.3, 0.4) is 0 Å². The molecule has 0 saturated heterocycles. The predicted molar refractivity (Wildman–Crippen MR) is 86.8 cm³/mol. The fourth-order valence-electron chi connectivity index (χ4n) is 3.21. The molecule has 0 heterocycles. The number of carbonyl (C=O) groups excluding carboxylic acids is 1. The molecule has 0 atom stereocenters. The van der Waals surface area contributed by atoms with Gasteiger partial charge in [-0.15, -0.1) is 0 Å². The number of carbonyl (C=O) groups is 1. The SMILES string of the molecule is CCOC1(c2cc(F)ccc2CC)CCC(=NOC(C)=O)CC1. The first-order valence-electron chi connectivity index (χ1n) is 8.17. The van der Waals surface area contributed by atoms with Crippen molar-refractivity contribution in [2.75, 3.05) is 6.61 Å². The maximum Gasteiger partial charge on any atom is 0.331 e. The summed E-state index contributed by atoms with van der Waals surface area (Å²) in [6, 6.07) is 4.94. The highest BCUT2D eigenvalue weighted by molar-refractivity contribution is 5.85. The van der Waals surface area contributed by atoms with Crippen LogP contribution in [-0.2, 0) is 26.4 Å². The molecule has 1 aliphatic carbocycles. The average molecular weight is 321 g/mol. The van der Waals surface area contributed by atoms with Crippen LogP contribution in [-0.4, -0.2) is 18.3 Å². The molecule has 5 heteroatoms. The topological polar surface area (TPSA) is 47.9 Å². The summed E-state index contributed by atoms with van der Waals surface area (Å²) >= 11 is 0. The van der Waals surface area contributed by atoms with Crippen LogP contribution < -0.4 is 0 Å². The van der Waals surface area contributed by atoms with Crippen molar-refractivity contribution in [2.24, 2.45) is 5.16 Å². The lowest BCUT2D eigenvalue weighted by Crippen LogP contribution is -2.36. The maximum atomic E-state index is 13.8. The first-order chi connectivity index (χ1) is 11.0. The van der Waals surface area contributed by atoms with Gasteiger partial charge in [0.05, 0.1) is 11.3 Å². The summed E-state index contributed by atoms with van der Waals surface area (Å²) in [7, 11) is 0. The van der Waals surface area contributed by atoms with E-state index in [4.69, 9.17) is 9.57 Å². The molecule has 1 aromatic carbocycles. The summed E-state index contributed by atoms with van der Waals surface area (Å²) in [6.07, 6.45) is 3.59. The summed E-state index contributed by atoms with van der Waals surface area (Å²) in [5, 5.41) is 3.90. The summed E-state index contributed by atoms with van der Waals surface area (Å²) < 4.78 is 19.9. The van der Waals surface area contributed by atoms with Gasteiger partial charge < -0.3 is 9.57 Å². The molecule has 0 N–H and O–H groups in total. The summed E-state index contributed by atoms with van der Waals surface area (Å²) in [5.74, 6) is -0.659. The number of rotatable bonds is 5. The fourth-order valence-corrected chi connectivity index (χ4v) is 3.21. The van der Waals surface area contributed by atoms with Gasteiger partial charge in [0.2, 0.25) is 0 Å². The first-order valence-corrected chi connectivity index (χ1v) is 8.17. The molecule has 0 spiro atoms. The van der Waals surface area contributed by atoms with Crippen LogP contribution in [0.15, 0.2) is 23.4 Å². The Balaban J connectivity index is 2.27. The van der Waals surface area contributed by atoms with Crippen molar-refractivity contribution in [1.82, 2.24) is 0 Å². The number of halogens is 1. The van der Waals surface area contributed by atoms with E-state index in [0.717, 1.165) is 23.3 Å². The summed E-state index contributed by atoms with van der Waals surface area (Å²) in [6.45, 7) is 5.91. The predicted octanol–water partition coefficient (Wildman–Crippen LogP) is 4.11. The number of hydrogen-bond donors (Lipinski definition) is 0. The van der Waals surface area contributed by atoms with Crippen LogP contribution in [0.4, 0.5) is 4.39 Å². The van der Waals surface area contributed by atoms with E-state index in [1.807, 2.05) is 13.0 Å². The molecule has 0 bridgehead atoms. The lowest BCUT2D eigenvalue weighted by molar-refractivity contribution is -0.141. The monoisotopic (exact) mass is 321 g/mol. The van der Waals surface area contributed by atoms with E-state index in [1.165, 1.54) is 13.0 Å². The van der Waals surface area contributed by atoms with E-state index in [-0.39, 0.29) is 5.82 Å². The van der Waals surface area contributed by atoms with Gasteiger partial charge in [-0.3, -0.25) is 0 Å². The Kier molecular flexibility index (Phi) is 5.88. The van der Waals surface area contributed by atoms with Gasteiger partial charge in [0.15, 0.2) is 0 Å². The van der Waals surface area contributed by atoms with Gasteiger partial charge in [0.25, 0.3) is 0 Å². The zero-order valence-corrected chi connectivity index (χ0v) is 14.0. The van der Waals surface area contributed by atoms with Gasteiger partial charge >= 0.3 is 5.97 Å². The number of hydrogen-bond acceptors (Lipinski definition) is 4. The van der Waals surface area contributed by atoms with Crippen LogP contribution >= 0.6 is 0 Å². The van der Waals surface area contributed by atoms with Gasteiger partial charge in [-0.1, -0.05) is 18.1 Å². The molecule has 0 aliphatic heterocycles. The molecule has 1 saturated carbocycles. The normalized spacial score (nSPS) is 21.1. The maximum absolute atomic E-state index is 13.8. The second kappa shape index (κ2) is 7.68. The van der Waals surface area contributed by atoms with Crippen LogP contribution in [0.5, 0.6) is 0 Å². The van der Waals surface area contributed by atoms with Crippen LogP contribution in [0.2, 0.25) is 0 Å². The third kappa shape index (κ3) is 4.16. The van der Waals surface area contributed by atoms with E-state index in [1.54, 1.807) is 6.07 Å². The highest BCUT2D eigenvalue weighted by Crippen LogP contribution is 2.41. The highest BCUT2D eigenvalue weighted by atomic mass is 19.1. The van der Waals surface area contributed by atoms with E-state index in [2.05, 4.69) is 12.1 Å². The molecular weight excluding hydrogens is 297 g/mol. The largest absolute Gasteiger partial charge is 0.371 e. The summed E-state index contributed by atoms with van der Waals surface area (Å²) in [5.41, 5.74) is 2.41. The van der Waals surface area contributed by atoms with Gasteiger partial charge in [0, 0.05) is 13.5 Å². The Hall–Kier alpha value is -1.75. The molecule has 1 aliphatic rings. The van der Waals surface area contributed by atoms with Crippen molar-refractivity contribution < 1.29 is 18.8 Å². The van der Waals surface area contributed by atoms with Crippen LogP contribution in [0, 0.1) is 5.82 Å². The van der Waals surface area contributed by atoms with E-state index in [0.29, 0.717) is 32.3 Å². The van der Waals surface area contributed by atoms with Crippen molar-refractivity contribution >= 4 is 11.7 Å². The Morgan fingerprint density at radius 1 is 1.30 bits per heavy atom. The average Bonchev–Trinajstić information content (AvgIpc) is 2.54. The minimum absolute atomic E-state index is 0.240. The Morgan fingerprint density at radius 2 is 2.00 bits per heavy atom. The van der Waals surface area contributed by atoms with Crippen LogP contribution in [0.1, 0.15) is 57.6 Å². The Bertz CT molecular complexity index is 588. The van der Waals surface area contributed by atoms with Gasteiger partial charge in [-0.25, -0.2) is 9.18 Å². The quantitative estimate of drug-likeness (QED) is 0.605. The molecular formula is C18H24FNO3. The lowest BCUT2D eigenvalue weighted by atomic mass is 9.76. The van der Waals surface area contributed by atoms with Gasteiger partial charge in [0.1, 0.15) is 5.82 Å². The number of benzene rings is 1. The third-order valence-electron chi connectivity index (χ3n) is 4.30. The van der Waals surface area contributed by atoms with Crippen molar-refractivity contribution in [3.05, 3.63) is 35.1 Å². The lowest BCUT2D eigenvalue weighted by Gasteiger charge is -2.39.